The molecule has 3 aromatic rings. The molecule has 0 fully saturated rings. The minimum Gasteiger partial charge on any atom is -0.481 e. The highest BCUT2D eigenvalue weighted by molar-refractivity contribution is 7.90. The summed E-state index contributed by atoms with van der Waals surface area (Å²) in [6.45, 7) is 0. The van der Waals surface area contributed by atoms with Crippen molar-refractivity contribution in [3.63, 3.8) is 0 Å². The molecule has 0 saturated heterocycles. The normalized spacial score (nSPS) is 11.6. The summed E-state index contributed by atoms with van der Waals surface area (Å²) in [5.41, 5.74) is 1.40. The Bertz CT molecular complexity index is 1040. The highest BCUT2D eigenvalue weighted by atomic mass is 32.2. The second-order valence-electron chi connectivity index (χ2n) is 5.72. The molecule has 0 radical (unpaired) electrons. The van der Waals surface area contributed by atoms with Crippen LogP contribution in [0.5, 0.6) is 5.88 Å². The lowest BCUT2D eigenvalue weighted by Crippen LogP contribution is -2.16. The number of pyridine rings is 1. The van der Waals surface area contributed by atoms with Crippen molar-refractivity contribution in [2.45, 2.75) is 24.2 Å². The van der Waals surface area contributed by atoms with Crippen molar-refractivity contribution in [3.05, 3.63) is 54.2 Å². The minimum atomic E-state index is -3.83. The summed E-state index contributed by atoms with van der Waals surface area (Å²) in [6, 6.07) is 13.0. The maximum atomic E-state index is 13.2. The number of methoxy groups -OCH3 is 1. The number of carbonyl (C=O) groups is 1. The van der Waals surface area contributed by atoms with Crippen LogP contribution in [0.2, 0.25) is 0 Å². The van der Waals surface area contributed by atoms with Crippen LogP contribution in [0, 0.1) is 0 Å². The van der Waals surface area contributed by atoms with Gasteiger partial charge in [0.1, 0.15) is 0 Å². The quantitative estimate of drug-likeness (QED) is 0.683. The van der Waals surface area contributed by atoms with Crippen molar-refractivity contribution >= 4 is 27.0 Å². The molecule has 0 bridgehead atoms. The van der Waals surface area contributed by atoms with E-state index in [9.17, 15) is 13.2 Å². The zero-order valence-corrected chi connectivity index (χ0v) is 14.9. The van der Waals surface area contributed by atoms with Crippen LogP contribution < -0.4 is 4.74 Å². The summed E-state index contributed by atoms with van der Waals surface area (Å²) >= 11 is 0. The van der Waals surface area contributed by atoms with E-state index in [0.717, 1.165) is 0 Å². The largest absolute Gasteiger partial charge is 0.481 e. The number of aryl methyl sites for hydroxylation is 1. The molecule has 0 spiro atoms. The smallest absolute Gasteiger partial charge is 0.303 e. The molecule has 7 nitrogen and oxygen atoms in total. The zero-order chi connectivity index (χ0) is 18.7. The molecule has 3 rings (SSSR count). The highest BCUT2D eigenvalue weighted by Gasteiger charge is 2.23. The van der Waals surface area contributed by atoms with Gasteiger partial charge in [0.15, 0.2) is 0 Å². The van der Waals surface area contributed by atoms with Gasteiger partial charge in [0, 0.05) is 18.2 Å². The van der Waals surface area contributed by atoms with Gasteiger partial charge in [-0.25, -0.2) is 17.4 Å². The van der Waals surface area contributed by atoms with E-state index < -0.39 is 16.0 Å². The molecule has 0 aliphatic carbocycles. The molecular formula is C18H18N2O5S. The molecule has 0 atom stereocenters. The summed E-state index contributed by atoms with van der Waals surface area (Å²) < 4.78 is 32.7. The first-order valence-electron chi connectivity index (χ1n) is 8.01. The summed E-state index contributed by atoms with van der Waals surface area (Å²) in [6.07, 6.45) is 0.591. The number of rotatable bonds is 7. The van der Waals surface area contributed by atoms with E-state index in [1.54, 1.807) is 36.4 Å². The predicted octanol–water partition coefficient (Wildman–Crippen LogP) is 2.69. The van der Waals surface area contributed by atoms with Gasteiger partial charge < -0.3 is 9.84 Å². The second kappa shape index (κ2) is 7.17. The summed E-state index contributed by atoms with van der Waals surface area (Å²) in [7, 11) is -2.35. The lowest BCUT2D eigenvalue weighted by Gasteiger charge is -2.12. The van der Waals surface area contributed by atoms with Crippen LogP contribution in [0.1, 0.15) is 18.5 Å². The van der Waals surface area contributed by atoms with E-state index in [1.807, 2.05) is 0 Å². The fraction of sp³-hybridized carbons (Fsp3) is 0.222. The minimum absolute atomic E-state index is 0.0380. The van der Waals surface area contributed by atoms with Crippen molar-refractivity contribution in [2.75, 3.05) is 7.11 Å². The number of carboxylic acid groups (broad SMARTS) is 1. The van der Waals surface area contributed by atoms with Gasteiger partial charge >= 0.3 is 5.97 Å². The van der Waals surface area contributed by atoms with Gasteiger partial charge in [-0.2, -0.15) is 0 Å². The average molecular weight is 374 g/mol. The third-order valence-corrected chi connectivity index (χ3v) is 5.75. The predicted molar refractivity (Wildman–Crippen MR) is 95.9 cm³/mol. The monoisotopic (exact) mass is 374 g/mol. The van der Waals surface area contributed by atoms with Gasteiger partial charge in [-0.05, 0) is 37.1 Å². The third kappa shape index (κ3) is 3.41. The number of aliphatic carboxylic acids is 1. The second-order valence-corrected chi connectivity index (χ2v) is 7.51. The molecule has 1 aromatic carbocycles. The molecule has 0 aliphatic heterocycles. The van der Waals surface area contributed by atoms with E-state index >= 15 is 0 Å². The molecule has 0 saturated carbocycles. The molecule has 8 heteroatoms. The van der Waals surface area contributed by atoms with Crippen LogP contribution in [0.25, 0.3) is 11.0 Å². The van der Waals surface area contributed by atoms with Crippen LogP contribution in [0.4, 0.5) is 0 Å². The van der Waals surface area contributed by atoms with Crippen LogP contribution in [-0.4, -0.2) is 35.6 Å². The fourth-order valence-corrected chi connectivity index (χ4v) is 4.37. The number of carboxylic acids is 1. The van der Waals surface area contributed by atoms with E-state index in [4.69, 9.17) is 9.84 Å². The number of ether oxygens (including phenoxy) is 1. The molecule has 26 heavy (non-hydrogen) atoms. The first kappa shape index (κ1) is 17.9. The molecule has 2 heterocycles. The Morgan fingerprint density at radius 1 is 1.19 bits per heavy atom. The lowest BCUT2D eigenvalue weighted by molar-refractivity contribution is -0.137. The van der Waals surface area contributed by atoms with Gasteiger partial charge in [-0.1, -0.05) is 18.2 Å². The number of benzene rings is 1. The van der Waals surface area contributed by atoms with Crippen LogP contribution in [0.15, 0.2) is 53.4 Å². The van der Waals surface area contributed by atoms with Crippen molar-refractivity contribution in [3.8, 4) is 5.88 Å². The lowest BCUT2D eigenvalue weighted by atomic mass is 10.2. The van der Waals surface area contributed by atoms with Gasteiger partial charge in [0.25, 0.3) is 10.0 Å². The van der Waals surface area contributed by atoms with Crippen LogP contribution in [-0.2, 0) is 21.2 Å². The van der Waals surface area contributed by atoms with Crippen LogP contribution >= 0.6 is 0 Å². The van der Waals surface area contributed by atoms with Gasteiger partial charge in [0.2, 0.25) is 5.88 Å². The van der Waals surface area contributed by atoms with Gasteiger partial charge in [-0.15, -0.1) is 0 Å². The van der Waals surface area contributed by atoms with Crippen LogP contribution in [0.3, 0.4) is 0 Å². The number of aromatic nitrogens is 2. The molecule has 1 N–H and O–H groups in total. The van der Waals surface area contributed by atoms with Crippen molar-refractivity contribution in [1.29, 1.82) is 0 Å². The summed E-state index contributed by atoms with van der Waals surface area (Å²) in [5, 5.41) is 8.85. The van der Waals surface area contributed by atoms with Gasteiger partial charge in [0.05, 0.1) is 23.0 Å². The molecular weight excluding hydrogens is 356 g/mol. The Labute approximate surface area is 150 Å². The van der Waals surface area contributed by atoms with E-state index in [1.165, 1.54) is 23.2 Å². The Morgan fingerprint density at radius 3 is 2.58 bits per heavy atom. The molecule has 0 unspecified atom stereocenters. The number of fused-ring (bicyclic) bond motifs is 1. The Morgan fingerprint density at radius 2 is 1.92 bits per heavy atom. The van der Waals surface area contributed by atoms with E-state index in [0.29, 0.717) is 35.4 Å². The molecule has 2 aromatic heterocycles. The van der Waals surface area contributed by atoms with Crippen molar-refractivity contribution in [2.24, 2.45) is 0 Å². The van der Waals surface area contributed by atoms with Gasteiger partial charge in [-0.3, -0.25) is 4.79 Å². The van der Waals surface area contributed by atoms with Crippen molar-refractivity contribution in [1.82, 2.24) is 8.96 Å². The molecule has 0 aliphatic rings. The maximum absolute atomic E-state index is 13.2. The number of hydrogen-bond acceptors (Lipinski definition) is 5. The SMILES string of the molecule is COc1ccc2c(cc(CCCC(=O)O)n2S(=O)(=O)c2ccccc2)n1. The van der Waals surface area contributed by atoms with E-state index in [-0.39, 0.29) is 11.3 Å². The number of hydrogen-bond donors (Lipinski definition) is 1. The summed E-state index contributed by atoms with van der Waals surface area (Å²) in [4.78, 5) is 15.3. The zero-order valence-electron chi connectivity index (χ0n) is 14.1. The first-order valence-corrected chi connectivity index (χ1v) is 9.45. The Hall–Kier alpha value is -2.87. The molecule has 0 amide bonds. The van der Waals surface area contributed by atoms with E-state index in [2.05, 4.69) is 4.98 Å². The third-order valence-electron chi connectivity index (χ3n) is 3.97. The maximum Gasteiger partial charge on any atom is 0.303 e. The molecule has 136 valence electrons. The van der Waals surface area contributed by atoms with Crippen molar-refractivity contribution < 1.29 is 23.1 Å². The standard InChI is InChI=1S/C18H18N2O5S/c1-25-17-11-10-16-15(19-17)12-13(6-5-9-18(21)22)20(16)26(23,24)14-7-3-2-4-8-14/h2-4,7-8,10-12H,5-6,9H2,1H3,(H,21,22). The topological polar surface area (TPSA) is 98.5 Å². The average Bonchev–Trinajstić information content (AvgIpc) is 3.00. The summed E-state index contributed by atoms with van der Waals surface area (Å²) in [5.74, 6) is -0.540. The number of nitrogens with zero attached hydrogens (tertiary/aromatic N) is 2. The Balaban J connectivity index is 2.15. The Kier molecular flexibility index (Phi) is 4.94. The fourth-order valence-electron chi connectivity index (χ4n) is 2.79. The highest BCUT2D eigenvalue weighted by Crippen LogP contribution is 2.27. The first-order chi connectivity index (χ1) is 12.4.